The number of benzene rings is 2. The maximum Gasteiger partial charge on any atom is 0.337 e. The van der Waals surface area contributed by atoms with Crippen molar-refractivity contribution in [2.45, 2.75) is 51.3 Å². The van der Waals surface area contributed by atoms with Gasteiger partial charge in [-0.15, -0.1) is 0 Å². The van der Waals surface area contributed by atoms with Gasteiger partial charge in [-0.2, -0.15) is 0 Å². The Hall–Kier alpha value is -2.21. The predicted octanol–water partition coefficient (Wildman–Crippen LogP) is 3.90. The minimum atomic E-state index is -0.723. The first-order valence-electron chi connectivity index (χ1n) is 9.85. The molecule has 0 amide bonds. The van der Waals surface area contributed by atoms with Crippen LogP contribution < -0.4 is 0 Å². The maximum absolute atomic E-state index is 12.4. The normalized spacial score (nSPS) is 20.0. The summed E-state index contributed by atoms with van der Waals surface area (Å²) in [4.78, 5) is 12.4. The molecule has 0 spiro atoms. The number of ether oxygens (including phenoxy) is 4. The summed E-state index contributed by atoms with van der Waals surface area (Å²) >= 11 is 0. The zero-order valence-corrected chi connectivity index (χ0v) is 16.3. The Balaban J connectivity index is 1.50. The van der Waals surface area contributed by atoms with E-state index >= 15 is 0 Å². The SMILES string of the molecule is CCOC(=O)[C@H](OCc1ccccc1)[C@H]1CC[C@H](COCc2ccccc2)O1. The van der Waals surface area contributed by atoms with E-state index in [0.29, 0.717) is 26.4 Å². The molecule has 0 bridgehead atoms. The minimum Gasteiger partial charge on any atom is -0.464 e. The molecule has 1 heterocycles. The van der Waals surface area contributed by atoms with Gasteiger partial charge in [-0.05, 0) is 30.9 Å². The average Bonchev–Trinajstić information content (AvgIpc) is 3.18. The van der Waals surface area contributed by atoms with Gasteiger partial charge >= 0.3 is 5.97 Å². The summed E-state index contributed by atoms with van der Waals surface area (Å²) in [5, 5.41) is 0. The summed E-state index contributed by atoms with van der Waals surface area (Å²) in [7, 11) is 0. The molecule has 150 valence electrons. The van der Waals surface area contributed by atoms with Crippen molar-refractivity contribution in [1.82, 2.24) is 0 Å². The molecule has 0 saturated carbocycles. The quantitative estimate of drug-likeness (QED) is 0.582. The van der Waals surface area contributed by atoms with Crippen LogP contribution in [0.4, 0.5) is 0 Å². The number of hydrogen-bond acceptors (Lipinski definition) is 5. The topological polar surface area (TPSA) is 54.0 Å². The van der Waals surface area contributed by atoms with Crippen LogP contribution in [0, 0.1) is 0 Å². The summed E-state index contributed by atoms with van der Waals surface area (Å²) in [6.45, 7) is 3.51. The zero-order valence-electron chi connectivity index (χ0n) is 16.3. The largest absolute Gasteiger partial charge is 0.464 e. The van der Waals surface area contributed by atoms with E-state index < -0.39 is 6.10 Å². The van der Waals surface area contributed by atoms with E-state index in [2.05, 4.69) is 0 Å². The second kappa shape index (κ2) is 11.0. The highest BCUT2D eigenvalue weighted by atomic mass is 16.6. The second-order valence-corrected chi connectivity index (χ2v) is 6.84. The lowest BCUT2D eigenvalue weighted by Gasteiger charge is -2.23. The Morgan fingerprint density at radius 2 is 1.64 bits per heavy atom. The van der Waals surface area contributed by atoms with Gasteiger partial charge in [-0.1, -0.05) is 60.7 Å². The summed E-state index contributed by atoms with van der Waals surface area (Å²) in [5.41, 5.74) is 2.14. The van der Waals surface area contributed by atoms with Gasteiger partial charge < -0.3 is 18.9 Å². The highest BCUT2D eigenvalue weighted by Gasteiger charge is 2.37. The molecule has 1 aliphatic heterocycles. The van der Waals surface area contributed by atoms with E-state index in [9.17, 15) is 4.79 Å². The number of carbonyl (C=O) groups excluding carboxylic acids is 1. The van der Waals surface area contributed by atoms with Crippen LogP contribution in [0.2, 0.25) is 0 Å². The van der Waals surface area contributed by atoms with Gasteiger partial charge in [-0.25, -0.2) is 4.79 Å². The molecule has 2 aromatic carbocycles. The van der Waals surface area contributed by atoms with E-state index in [-0.39, 0.29) is 18.2 Å². The first-order valence-corrected chi connectivity index (χ1v) is 9.85. The standard InChI is InChI=1S/C23H28O5/c1-2-26-23(24)22(27-16-19-11-7-4-8-12-19)21-14-13-20(28-21)17-25-15-18-9-5-3-6-10-18/h3-12,20-22H,2,13-17H2,1H3/t20-,21-,22-/m1/s1. The molecule has 0 aliphatic carbocycles. The summed E-state index contributed by atoms with van der Waals surface area (Å²) in [5.74, 6) is -0.366. The predicted molar refractivity (Wildman–Crippen MR) is 106 cm³/mol. The lowest BCUT2D eigenvalue weighted by molar-refractivity contribution is -0.169. The van der Waals surface area contributed by atoms with Crippen LogP contribution in [-0.2, 0) is 37.0 Å². The van der Waals surface area contributed by atoms with Crippen LogP contribution in [0.25, 0.3) is 0 Å². The Morgan fingerprint density at radius 3 is 2.29 bits per heavy atom. The van der Waals surface area contributed by atoms with E-state index in [1.165, 1.54) is 0 Å². The van der Waals surface area contributed by atoms with Crippen LogP contribution in [0.5, 0.6) is 0 Å². The number of esters is 1. The van der Waals surface area contributed by atoms with Gasteiger partial charge in [0.1, 0.15) is 0 Å². The lowest BCUT2D eigenvalue weighted by atomic mass is 10.1. The zero-order chi connectivity index (χ0) is 19.6. The number of rotatable bonds is 10. The summed E-state index contributed by atoms with van der Waals surface area (Å²) in [6, 6.07) is 19.8. The molecule has 0 aromatic heterocycles. The number of carbonyl (C=O) groups is 1. The smallest absolute Gasteiger partial charge is 0.337 e. The Morgan fingerprint density at radius 1 is 1.00 bits per heavy atom. The molecule has 5 heteroatoms. The molecule has 0 unspecified atom stereocenters. The van der Waals surface area contributed by atoms with Crippen molar-refractivity contribution < 1.29 is 23.7 Å². The molecular weight excluding hydrogens is 356 g/mol. The average molecular weight is 384 g/mol. The third-order valence-corrected chi connectivity index (χ3v) is 4.68. The van der Waals surface area contributed by atoms with Gasteiger partial charge in [0.25, 0.3) is 0 Å². The molecule has 3 atom stereocenters. The second-order valence-electron chi connectivity index (χ2n) is 6.84. The van der Waals surface area contributed by atoms with Gasteiger partial charge in [0.15, 0.2) is 6.10 Å². The summed E-state index contributed by atoms with van der Waals surface area (Å²) < 4.78 is 23.0. The van der Waals surface area contributed by atoms with Crippen molar-refractivity contribution in [2.24, 2.45) is 0 Å². The highest BCUT2D eigenvalue weighted by molar-refractivity contribution is 5.75. The molecule has 3 rings (SSSR count). The van der Waals surface area contributed by atoms with E-state index in [1.54, 1.807) is 6.92 Å². The fourth-order valence-corrected chi connectivity index (χ4v) is 3.27. The van der Waals surface area contributed by atoms with Crippen molar-refractivity contribution in [3.63, 3.8) is 0 Å². The van der Waals surface area contributed by atoms with Crippen molar-refractivity contribution in [3.8, 4) is 0 Å². The molecule has 0 radical (unpaired) electrons. The van der Waals surface area contributed by atoms with E-state index in [0.717, 1.165) is 24.0 Å². The van der Waals surface area contributed by atoms with Gasteiger partial charge in [0, 0.05) is 0 Å². The minimum absolute atomic E-state index is 0.0361. The van der Waals surface area contributed by atoms with Crippen molar-refractivity contribution >= 4 is 5.97 Å². The Labute approximate surface area is 166 Å². The van der Waals surface area contributed by atoms with Crippen LogP contribution in [0.1, 0.15) is 30.9 Å². The van der Waals surface area contributed by atoms with Crippen LogP contribution in [0.15, 0.2) is 60.7 Å². The van der Waals surface area contributed by atoms with Crippen LogP contribution in [0.3, 0.4) is 0 Å². The molecule has 2 aromatic rings. The van der Waals surface area contributed by atoms with Crippen LogP contribution in [-0.4, -0.2) is 37.5 Å². The number of hydrogen-bond donors (Lipinski definition) is 0. The van der Waals surface area contributed by atoms with Gasteiger partial charge in [0.05, 0.1) is 38.6 Å². The fourth-order valence-electron chi connectivity index (χ4n) is 3.27. The third kappa shape index (κ3) is 6.16. The Bertz CT molecular complexity index is 703. The molecule has 1 fully saturated rings. The lowest BCUT2D eigenvalue weighted by Crippen LogP contribution is -2.38. The molecule has 28 heavy (non-hydrogen) atoms. The van der Waals surface area contributed by atoms with Gasteiger partial charge in [0.2, 0.25) is 0 Å². The summed E-state index contributed by atoms with van der Waals surface area (Å²) in [6.07, 6.45) is 0.514. The highest BCUT2D eigenvalue weighted by Crippen LogP contribution is 2.26. The van der Waals surface area contributed by atoms with E-state index in [4.69, 9.17) is 18.9 Å². The van der Waals surface area contributed by atoms with Crippen molar-refractivity contribution in [3.05, 3.63) is 71.8 Å². The molecular formula is C23H28O5. The monoisotopic (exact) mass is 384 g/mol. The third-order valence-electron chi connectivity index (χ3n) is 4.68. The van der Waals surface area contributed by atoms with Gasteiger partial charge in [-0.3, -0.25) is 0 Å². The first-order chi connectivity index (χ1) is 13.8. The van der Waals surface area contributed by atoms with Crippen molar-refractivity contribution in [1.29, 1.82) is 0 Å². The Kier molecular flexibility index (Phi) is 8.03. The molecule has 1 aliphatic rings. The van der Waals surface area contributed by atoms with E-state index in [1.807, 2.05) is 60.7 Å². The fraction of sp³-hybridized carbons (Fsp3) is 0.435. The molecule has 0 N–H and O–H groups in total. The molecule has 5 nitrogen and oxygen atoms in total. The maximum atomic E-state index is 12.4. The first kappa shape index (κ1) is 20.5. The van der Waals surface area contributed by atoms with Crippen molar-refractivity contribution in [2.75, 3.05) is 13.2 Å². The van der Waals surface area contributed by atoms with Crippen LogP contribution >= 0.6 is 0 Å². The molecule has 1 saturated heterocycles.